The normalized spacial score (nSPS) is 10.4. The molecule has 1 rings (SSSR count). The first-order chi connectivity index (χ1) is 7.91. The Kier molecular flexibility index (Phi) is 4.81. The Morgan fingerprint density at radius 1 is 1.41 bits per heavy atom. The van der Waals surface area contributed by atoms with Crippen molar-refractivity contribution in [3.05, 3.63) is 34.1 Å². The topological polar surface area (TPSA) is 46.2 Å². The lowest BCUT2D eigenvalue weighted by atomic mass is 10.1. The Labute approximate surface area is 108 Å². The van der Waals surface area contributed by atoms with Crippen LogP contribution < -0.4 is 5.32 Å². The molecule has 0 radical (unpaired) electrons. The summed E-state index contributed by atoms with van der Waals surface area (Å²) in [5, 5.41) is 2.40. The first kappa shape index (κ1) is 13.8. The molecule has 3 nitrogen and oxygen atoms in total. The lowest BCUT2D eigenvalue weighted by molar-refractivity contribution is -0.120. The van der Waals surface area contributed by atoms with Crippen molar-refractivity contribution in [1.82, 2.24) is 5.32 Å². The quantitative estimate of drug-likeness (QED) is 0.929. The van der Waals surface area contributed by atoms with Crippen LogP contribution in [0.1, 0.15) is 24.2 Å². The molecule has 1 amide bonds. The van der Waals surface area contributed by atoms with Crippen molar-refractivity contribution < 1.29 is 14.0 Å². The molecular weight excluding hydrogens is 289 g/mol. The maximum Gasteiger partial charge on any atom is 0.254 e. The van der Waals surface area contributed by atoms with Crippen LogP contribution in [0.5, 0.6) is 0 Å². The van der Waals surface area contributed by atoms with Gasteiger partial charge in [0, 0.05) is 10.4 Å². The van der Waals surface area contributed by atoms with Crippen LogP contribution in [-0.4, -0.2) is 18.2 Å². The van der Waals surface area contributed by atoms with Gasteiger partial charge in [0.15, 0.2) is 5.78 Å². The maximum atomic E-state index is 13.4. The van der Waals surface area contributed by atoms with Crippen LogP contribution in [0.4, 0.5) is 4.39 Å². The number of hydrogen-bond acceptors (Lipinski definition) is 2. The highest BCUT2D eigenvalue weighted by molar-refractivity contribution is 9.10. The molecule has 1 aromatic carbocycles. The van der Waals surface area contributed by atoms with Gasteiger partial charge < -0.3 is 5.32 Å². The third-order valence-electron chi connectivity index (χ3n) is 2.24. The molecule has 0 aliphatic heterocycles. The number of halogens is 2. The van der Waals surface area contributed by atoms with Crippen molar-refractivity contribution >= 4 is 27.6 Å². The number of carbonyl (C=O) groups excluding carboxylic acids is 2. The first-order valence-corrected chi connectivity index (χ1v) is 5.97. The Morgan fingerprint density at radius 3 is 2.59 bits per heavy atom. The maximum absolute atomic E-state index is 13.4. The van der Waals surface area contributed by atoms with E-state index in [0.29, 0.717) is 4.47 Å². The predicted molar refractivity (Wildman–Crippen MR) is 66.3 cm³/mol. The minimum Gasteiger partial charge on any atom is -0.345 e. The fourth-order valence-corrected chi connectivity index (χ4v) is 1.47. The Hall–Kier alpha value is -1.23. The first-order valence-electron chi connectivity index (χ1n) is 5.17. The second-order valence-electron chi connectivity index (χ2n) is 3.93. The van der Waals surface area contributed by atoms with E-state index in [1.165, 1.54) is 12.1 Å². The van der Waals surface area contributed by atoms with Gasteiger partial charge in [-0.25, -0.2) is 4.39 Å². The minimum atomic E-state index is -0.617. The van der Waals surface area contributed by atoms with E-state index >= 15 is 0 Å². The van der Waals surface area contributed by atoms with Crippen LogP contribution in [0.25, 0.3) is 0 Å². The van der Waals surface area contributed by atoms with Gasteiger partial charge in [-0.3, -0.25) is 9.59 Å². The number of nitrogens with one attached hydrogen (secondary N) is 1. The second kappa shape index (κ2) is 5.91. The van der Waals surface area contributed by atoms with Gasteiger partial charge in [0.05, 0.1) is 12.1 Å². The van der Waals surface area contributed by atoms with Gasteiger partial charge in [-0.15, -0.1) is 0 Å². The molecule has 0 fully saturated rings. The third-order valence-corrected chi connectivity index (χ3v) is 2.74. The van der Waals surface area contributed by atoms with Gasteiger partial charge in [-0.2, -0.15) is 0 Å². The van der Waals surface area contributed by atoms with Gasteiger partial charge in [-0.05, 0) is 18.2 Å². The summed E-state index contributed by atoms with van der Waals surface area (Å²) in [6, 6.07) is 4.15. The molecule has 92 valence electrons. The molecule has 0 unspecified atom stereocenters. The monoisotopic (exact) mass is 301 g/mol. The molecule has 0 saturated carbocycles. The number of ketones is 1. The minimum absolute atomic E-state index is 0.0650. The molecule has 17 heavy (non-hydrogen) atoms. The summed E-state index contributed by atoms with van der Waals surface area (Å²) in [5.74, 6) is -1.43. The lowest BCUT2D eigenvalue weighted by Gasteiger charge is -2.07. The van der Waals surface area contributed by atoms with Crippen molar-refractivity contribution in [3.8, 4) is 0 Å². The van der Waals surface area contributed by atoms with E-state index in [0.717, 1.165) is 0 Å². The van der Waals surface area contributed by atoms with Gasteiger partial charge in [0.25, 0.3) is 5.91 Å². The van der Waals surface area contributed by atoms with Crippen LogP contribution in [-0.2, 0) is 4.79 Å². The fraction of sp³-hybridized carbons (Fsp3) is 0.333. The number of carbonyl (C=O) groups is 2. The average molecular weight is 302 g/mol. The summed E-state index contributed by atoms with van der Waals surface area (Å²) in [4.78, 5) is 22.9. The zero-order valence-corrected chi connectivity index (χ0v) is 11.2. The Morgan fingerprint density at radius 2 is 2.06 bits per heavy atom. The van der Waals surface area contributed by atoms with E-state index < -0.39 is 11.7 Å². The average Bonchev–Trinajstić information content (AvgIpc) is 2.25. The van der Waals surface area contributed by atoms with Crippen LogP contribution in [0.2, 0.25) is 0 Å². The number of hydrogen-bond donors (Lipinski definition) is 1. The highest BCUT2D eigenvalue weighted by atomic mass is 79.9. The van der Waals surface area contributed by atoms with E-state index in [1.807, 2.05) is 0 Å². The Bertz CT molecular complexity index is 446. The van der Waals surface area contributed by atoms with Crippen LogP contribution >= 0.6 is 15.9 Å². The molecule has 5 heteroatoms. The molecule has 1 N–H and O–H groups in total. The molecule has 0 bridgehead atoms. The summed E-state index contributed by atoms with van der Waals surface area (Å²) < 4.78 is 14.0. The van der Waals surface area contributed by atoms with Crippen molar-refractivity contribution in [2.45, 2.75) is 13.8 Å². The van der Waals surface area contributed by atoms with E-state index in [-0.39, 0.29) is 23.8 Å². The standard InChI is InChI=1S/C12H13BrFNO2/c1-7(2)11(16)6-15-12(17)9-4-3-8(13)5-10(9)14/h3-5,7H,6H2,1-2H3,(H,15,17). The summed E-state index contributed by atoms with van der Waals surface area (Å²) in [6.07, 6.45) is 0. The predicted octanol–water partition coefficient (Wildman–Crippen LogP) is 2.54. The molecule has 0 aromatic heterocycles. The number of Topliss-reactive ketones (excluding diaryl/α,β-unsaturated/α-hetero) is 1. The SMILES string of the molecule is CC(C)C(=O)CNC(=O)c1ccc(Br)cc1F. The van der Waals surface area contributed by atoms with Crippen LogP contribution in [0, 0.1) is 11.7 Å². The summed E-state index contributed by atoms with van der Waals surface area (Å²) in [7, 11) is 0. The molecule has 0 heterocycles. The molecule has 0 aliphatic carbocycles. The number of rotatable bonds is 4. The third kappa shape index (κ3) is 3.93. The van der Waals surface area contributed by atoms with E-state index in [4.69, 9.17) is 0 Å². The molecule has 0 spiro atoms. The Balaban J connectivity index is 2.68. The molecule has 0 atom stereocenters. The number of amides is 1. The summed E-state index contributed by atoms with van der Waals surface area (Å²) >= 11 is 3.10. The van der Waals surface area contributed by atoms with Crippen LogP contribution in [0.3, 0.4) is 0 Å². The van der Waals surface area contributed by atoms with Crippen molar-refractivity contribution in [2.75, 3.05) is 6.54 Å². The van der Waals surface area contributed by atoms with Crippen LogP contribution in [0.15, 0.2) is 22.7 Å². The van der Waals surface area contributed by atoms with E-state index in [1.54, 1.807) is 19.9 Å². The molecule has 0 aliphatic rings. The molecule has 0 saturated heterocycles. The van der Waals surface area contributed by atoms with Crippen molar-refractivity contribution in [2.24, 2.45) is 5.92 Å². The zero-order chi connectivity index (χ0) is 13.0. The van der Waals surface area contributed by atoms with Gasteiger partial charge in [-0.1, -0.05) is 29.8 Å². The molecule has 1 aromatic rings. The smallest absolute Gasteiger partial charge is 0.254 e. The fourth-order valence-electron chi connectivity index (χ4n) is 1.14. The van der Waals surface area contributed by atoms with Crippen molar-refractivity contribution in [3.63, 3.8) is 0 Å². The summed E-state index contributed by atoms with van der Waals surface area (Å²) in [5.41, 5.74) is -0.0650. The van der Waals surface area contributed by atoms with Gasteiger partial charge in [0.1, 0.15) is 5.82 Å². The van der Waals surface area contributed by atoms with E-state index in [9.17, 15) is 14.0 Å². The van der Waals surface area contributed by atoms with Gasteiger partial charge >= 0.3 is 0 Å². The highest BCUT2D eigenvalue weighted by Gasteiger charge is 2.14. The second-order valence-corrected chi connectivity index (χ2v) is 4.84. The highest BCUT2D eigenvalue weighted by Crippen LogP contribution is 2.15. The van der Waals surface area contributed by atoms with Gasteiger partial charge in [0.2, 0.25) is 0 Å². The number of benzene rings is 1. The van der Waals surface area contributed by atoms with Crippen molar-refractivity contribution in [1.29, 1.82) is 0 Å². The van der Waals surface area contributed by atoms with E-state index in [2.05, 4.69) is 21.2 Å². The lowest BCUT2D eigenvalue weighted by Crippen LogP contribution is -2.32. The summed E-state index contributed by atoms with van der Waals surface area (Å²) in [6.45, 7) is 3.41. The molecular formula is C12H13BrFNO2. The largest absolute Gasteiger partial charge is 0.345 e. The zero-order valence-electron chi connectivity index (χ0n) is 9.59.